The summed E-state index contributed by atoms with van der Waals surface area (Å²) in [6.45, 7) is 2.37. The fourth-order valence-electron chi connectivity index (χ4n) is 2.19. The molecule has 0 radical (unpaired) electrons. The number of alkyl halides is 1. The van der Waals surface area contributed by atoms with Crippen LogP contribution in [0.25, 0.3) is 0 Å². The maximum absolute atomic E-state index is 11.1. The Hall–Kier alpha value is 0.200. The van der Waals surface area contributed by atoms with Crippen LogP contribution in [-0.2, 0) is 9.53 Å². The first-order chi connectivity index (χ1) is 9.31. The third kappa shape index (κ3) is 16.1. The normalized spacial score (nSPS) is 10.6. The minimum atomic E-state index is -0.0333. The van der Waals surface area contributed by atoms with E-state index in [9.17, 15) is 4.79 Å². The Labute approximate surface area is 133 Å². The molecule has 0 aromatic carbocycles. The molecule has 0 rings (SSSR count). The molecule has 0 saturated heterocycles. The van der Waals surface area contributed by atoms with Crippen molar-refractivity contribution in [3.05, 3.63) is 0 Å². The molecule has 0 N–H and O–H groups in total. The van der Waals surface area contributed by atoms with Crippen LogP contribution < -0.4 is 0 Å². The molecule has 0 unspecified atom stereocenters. The van der Waals surface area contributed by atoms with E-state index in [1.807, 2.05) is 6.92 Å². The number of esters is 1. The molecule has 0 aliphatic rings. The lowest BCUT2D eigenvalue weighted by molar-refractivity contribution is -0.143. The number of hydrogen-bond donors (Lipinski definition) is 0. The number of carbonyl (C=O) groups excluding carboxylic acids is 1. The quantitative estimate of drug-likeness (QED) is 0.168. The van der Waals surface area contributed by atoms with Crippen LogP contribution in [0.1, 0.15) is 84.0 Å². The van der Waals surface area contributed by atoms with E-state index in [1.165, 1.54) is 68.6 Å². The molecular weight excluding hydrogens is 351 g/mol. The van der Waals surface area contributed by atoms with Crippen LogP contribution in [0.15, 0.2) is 0 Å². The van der Waals surface area contributed by atoms with E-state index in [0.29, 0.717) is 13.0 Å². The summed E-state index contributed by atoms with van der Waals surface area (Å²) >= 11 is 2.46. The summed E-state index contributed by atoms with van der Waals surface area (Å²) in [5, 5.41) is 0. The van der Waals surface area contributed by atoms with Crippen LogP contribution in [0.3, 0.4) is 0 Å². The number of unbranched alkanes of at least 4 members (excludes halogenated alkanes) is 10. The van der Waals surface area contributed by atoms with E-state index >= 15 is 0 Å². The zero-order valence-electron chi connectivity index (χ0n) is 12.6. The van der Waals surface area contributed by atoms with Gasteiger partial charge in [0.25, 0.3) is 0 Å². The average Bonchev–Trinajstić information content (AvgIpc) is 2.40. The monoisotopic (exact) mass is 382 g/mol. The maximum Gasteiger partial charge on any atom is 0.305 e. The lowest BCUT2D eigenvalue weighted by Gasteiger charge is -2.03. The van der Waals surface area contributed by atoms with Crippen molar-refractivity contribution in [3.8, 4) is 0 Å². The van der Waals surface area contributed by atoms with E-state index < -0.39 is 0 Å². The molecule has 0 aliphatic carbocycles. The molecule has 19 heavy (non-hydrogen) atoms. The van der Waals surface area contributed by atoms with Gasteiger partial charge in [-0.15, -0.1) is 0 Å². The highest BCUT2D eigenvalue weighted by Crippen LogP contribution is 2.12. The number of ether oxygens (including phenoxy) is 1. The standard InChI is InChI=1S/C16H31IO2/c1-2-19-16(18)14-12-10-8-6-4-3-5-7-9-11-13-15-17/h2-15H2,1H3. The predicted octanol–water partition coefficient (Wildman–Crippen LogP) is 5.67. The molecule has 114 valence electrons. The molecule has 0 amide bonds. The smallest absolute Gasteiger partial charge is 0.305 e. The zero-order valence-corrected chi connectivity index (χ0v) is 14.8. The molecule has 0 saturated carbocycles. The Balaban J connectivity index is 3.01. The van der Waals surface area contributed by atoms with Crippen molar-refractivity contribution < 1.29 is 9.53 Å². The van der Waals surface area contributed by atoms with Crippen molar-refractivity contribution in [2.75, 3.05) is 11.0 Å². The van der Waals surface area contributed by atoms with Crippen molar-refractivity contribution in [2.24, 2.45) is 0 Å². The number of halogens is 1. The second-order valence-corrected chi connectivity index (χ2v) is 6.21. The van der Waals surface area contributed by atoms with E-state index in [4.69, 9.17) is 4.74 Å². The Morgan fingerprint density at radius 3 is 1.63 bits per heavy atom. The molecule has 0 aromatic heterocycles. The first kappa shape index (κ1) is 19.2. The topological polar surface area (TPSA) is 26.3 Å². The Morgan fingerprint density at radius 2 is 1.21 bits per heavy atom. The van der Waals surface area contributed by atoms with Crippen LogP contribution in [0, 0.1) is 0 Å². The van der Waals surface area contributed by atoms with Crippen LogP contribution in [0.5, 0.6) is 0 Å². The van der Waals surface area contributed by atoms with E-state index in [1.54, 1.807) is 0 Å². The minimum absolute atomic E-state index is 0.0333. The maximum atomic E-state index is 11.1. The van der Waals surface area contributed by atoms with E-state index in [2.05, 4.69) is 22.6 Å². The van der Waals surface area contributed by atoms with Crippen molar-refractivity contribution in [3.63, 3.8) is 0 Å². The van der Waals surface area contributed by atoms with Crippen molar-refractivity contribution in [1.29, 1.82) is 0 Å². The lowest BCUT2D eigenvalue weighted by Crippen LogP contribution is -2.03. The predicted molar refractivity (Wildman–Crippen MR) is 90.9 cm³/mol. The largest absolute Gasteiger partial charge is 0.466 e. The minimum Gasteiger partial charge on any atom is -0.466 e. The third-order valence-electron chi connectivity index (χ3n) is 3.32. The molecule has 0 aromatic rings. The molecule has 0 bridgehead atoms. The van der Waals surface area contributed by atoms with E-state index in [0.717, 1.165) is 6.42 Å². The Bertz CT molecular complexity index is 195. The highest BCUT2D eigenvalue weighted by atomic mass is 127. The molecule has 0 aliphatic heterocycles. The fourth-order valence-corrected chi connectivity index (χ4v) is 2.73. The first-order valence-electron chi connectivity index (χ1n) is 8.02. The fraction of sp³-hybridized carbons (Fsp3) is 0.938. The van der Waals surface area contributed by atoms with Gasteiger partial charge in [0.05, 0.1) is 6.61 Å². The van der Waals surface area contributed by atoms with Crippen molar-refractivity contribution in [2.45, 2.75) is 84.0 Å². The highest BCUT2D eigenvalue weighted by molar-refractivity contribution is 14.1. The van der Waals surface area contributed by atoms with Gasteiger partial charge in [-0.2, -0.15) is 0 Å². The summed E-state index contributed by atoms with van der Waals surface area (Å²) in [6, 6.07) is 0. The van der Waals surface area contributed by atoms with E-state index in [-0.39, 0.29) is 5.97 Å². The number of carbonyl (C=O) groups is 1. The number of hydrogen-bond acceptors (Lipinski definition) is 2. The average molecular weight is 382 g/mol. The Morgan fingerprint density at radius 1 is 0.789 bits per heavy atom. The molecule has 2 nitrogen and oxygen atoms in total. The van der Waals surface area contributed by atoms with Gasteiger partial charge < -0.3 is 4.74 Å². The first-order valence-corrected chi connectivity index (χ1v) is 9.55. The molecule has 0 fully saturated rings. The van der Waals surface area contributed by atoms with Crippen LogP contribution >= 0.6 is 22.6 Å². The number of rotatable bonds is 14. The zero-order chi connectivity index (χ0) is 14.2. The summed E-state index contributed by atoms with van der Waals surface area (Å²) in [6.07, 6.45) is 15.2. The summed E-state index contributed by atoms with van der Waals surface area (Å²) in [4.78, 5) is 11.1. The molecule has 0 heterocycles. The second-order valence-electron chi connectivity index (χ2n) is 5.13. The molecule has 0 atom stereocenters. The summed E-state index contributed by atoms with van der Waals surface area (Å²) in [5.41, 5.74) is 0. The molecule has 3 heteroatoms. The van der Waals surface area contributed by atoms with Gasteiger partial charge in [0.15, 0.2) is 0 Å². The highest BCUT2D eigenvalue weighted by Gasteiger charge is 2.00. The van der Waals surface area contributed by atoms with Crippen molar-refractivity contribution >= 4 is 28.6 Å². The van der Waals surface area contributed by atoms with Gasteiger partial charge in [-0.3, -0.25) is 4.79 Å². The van der Waals surface area contributed by atoms with Crippen molar-refractivity contribution in [1.82, 2.24) is 0 Å². The van der Waals surface area contributed by atoms with Gasteiger partial charge in [-0.25, -0.2) is 0 Å². The summed E-state index contributed by atoms with van der Waals surface area (Å²) in [7, 11) is 0. The second kappa shape index (κ2) is 16.3. The van der Waals surface area contributed by atoms with Gasteiger partial charge in [-0.1, -0.05) is 80.4 Å². The third-order valence-corrected chi connectivity index (χ3v) is 4.08. The molecular formula is C16H31IO2. The van der Waals surface area contributed by atoms with Crippen LogP contribution in [0.2, 0.25) is 0 Å². The van der Waals surface area contributed by atoms with Gasteiger partial charge in [-0.05, 0) is 24.2 Å². The lowest BCUT2D eigenvalue weighted by atomic mass is 10.1. The summed E-state index contributed by atoms with van der Waals surface area (Å²) < 4.78 is 6.21. The van der Waals surface area contributed by atoms with Crippen LogP contribution in [-0.4, -0.2) is 17.0 Å². The van der Waals surface area contributed by atoms with Gasteiger partial charge in [0.1, 0.15) is 0 Å². The van der Waals surface area contributed by atoms with Gasteiger partial charge in [0.2, 0.25) is 0 Å². The Kier molecular flexibility index (Phi) is 16.4. The summed E-state index contributed by atoms with van der Waals surface area (Å²) in [5.74, 6) is -0.0333. The van der Waals surface area contributed by atoms with Gasteiger partial charge in [0, 0.05) is 6.42 Å². The van der Waals surface area contributed by atoms with Gasteiger partial charge >= 0.3 is 5.97 Å². The van der Waals surface area contributed by atoms with Crippen LogP contribution in [0.4, 0.5) is 0 Å². The SMILES string of the molecule is CCOC(=O)CCCCCCCCCCCCCI. The molecule has 0 spiro atoms.